The van der Waals surface area contributed by atoms with Gasteiger partial charge in [0.05, 0.1) is 6.10 Å². The van der Waals surface area contributed by atoms with Gasteiger partial charge in [0.25, 0.3) is 5.91 Å². The normalized spacial score (nSPS) is 12.0. The van der Waals surface area contributed by atoms with Gasteiger partial charge in [-0.2, -0.15) is 0 Å². The van der Waals surface area contributed by atoms with Crippen LogP contribution in [-0.4, -0.2) is 42.2 Å². The van der Waals surface area contributed by atoms with Crippen molar-refractivity contribution in [2.24, 2.45) is 0 Å². The molecule has 1 N–H and O–H groups in total. The van der Waals surface area contributed by atoms with E-state index < -0.39 is 6.10 Å². The van der Waals surface area contributed by atoms with E-state index in [1.807, 2.05) is 31.2 Å². The van der Waals surface area contributed by atoms with Crippen molar-refractivity contribution in [3.63, 3.8) is 0 Å². The molecular weight excluding hydrogens is 230 g/mol. The van der Waals surface area contributed by atoms with Crippen LogP contribution in [0, 0.1) is 6.92 Å². The van der Waals surface area contributed by atoms with Gasteiger partial charge in [-0.05, 0) is 38.0 Å². The number of carbonyl (C=O) groups is 1. The highest BCUT2D eigenvalue weighted by atomic mass is 16.5. The lowest BCUT2D eigenvalue weighted by molar-refractivity contribution is -0.132. The first kappa shape index (κ1) is 14.5. The number of likely N-dealkylation sites (N-methyl/N-ethyl adjacent to an activating group) is 1. The van der Waals surface area contributed by atoms with Gasteiger partial charge in [0.15, 0.2) is 6.61 Å². The van der Waals surface area contributed by atoms with E-state index in [1.54, 1.807) is 18.9 Å². The van der Waals surface area contributed by atoms with Gasteiger partial charge in [0.1, 0.15) is 5.75 Å². The highest BCUT2D eigenvalue weighted by molar-refractivity contribution is 5.77. The van der Waals surface area contributed by atoms with E-state index in [2.05, 4.69) is 0 Å². The van der Waals surface area contributed by atoms with Crippen LogP contribution in [0.4, 0.5) is 0 Å². The predicted octanol–water partition coefficient (Wildman–Crippen LogP) is 1.60. The molecule has 1 rings (SSSR count). The Hall–Kier alpha value is -1.55. The molecule has 1 atom stereocenters. The molecule has 0 heterocycles. The number of aliphatic hydroxyl groups excluding tert-OH is 1. The number of hydrogen-bond acceptors (Lipinski definition) is 3. The van der Waals surface area contributed by atoms with Gasteiger partial charge in [0.2, 0.25) is 0 Å². The maximum absolute atomic E-state index is 11.7. The summed E-state index contributed by atoms with van der Waals surface area (Å²) in [5, 5.41) is 9.15. The minimum atomic E-state index is -0.391. The van der Waals surface area contributed by atoms with Gasteiger partial charge in [-0.3, -0.25) is 4.79 Å². The van der Waals surface area contributed by atoms with Gasteiger partial charge in [-0.15, -0.1) is 0 Å². The third kappa shape index (κ3) is 5.19. The van der Waals surface area contributed by atoms with E-state index in [-0.39, 0.29) is 12.5 Å². The van der Waals surface area contributed by atoms with Crippen LogP contribution in [0.2, 0.25) is 0 Å². The van der Waals surface area contributed by atoms with Crippen LogP contribution in [0.5, 0.6) is 5.75 Å². The van der Waals surface area contributed by atoms with Gasteiger partial charge in [-0.25, -0.2) is 0 Å². The summed E-state index contributed by atoms with van der Waals surface area (Å²) in [7, 11) is 1.71. The van der Waals surface area contributed by atoms with Crippen molar-refractivity contribution in [3.8, 4) is 5.75 Å². The maximum Gasteiger partial charge on any atom is 0.260 e. The number of benzene rings is 1. The second kappa shape index (κ2) is 7.01. The largest absolute Gasteiger partial charge is 0.484 e. The number of rotatable bonds is 6. The molecule has 100 valence electrons. The number of aliphatic hydroxyl groups is 1. The van der Waals surface area contributed by atoms with Crippen molar-refractivity contribution < 1.29 is 14.6 Å². The molecular formula is C14H21NO3. The first-order valence-electron chi connectivity index (χ1n) is 6.10. The fourth-order valence-electron chi connectivity index (χ4n) is 1.47. The van der Waals surface area contributed by atoms with Crippen molar-refractivity contribution in [2.75, 3.05) is 20.2 Å². The lowest BCUT2D eigenvalue weighted by Gasteiger charge is -2.18. The number of nitrogens with zero attached hydrogens (tertiary/aromatic N) is 1. The molecule has 18 heavy (non-hydrogen) atoms. The van der Waals surface area contributed by atoms with Crippen LogP contribution in [0.1, 0.15) is 18.9 Å². The van der Waals surface area contributed by atoms with Crippen LogP contribution in [-0.2, 0) is 4.79 Å². The Morgan fingerprint density at radius 1 is 1.50 bits per heavy atom. The average Bonchev–Trinajstić information content (AvgIpc) is 2.33. The molecule has 0 bridgehead atoms. The smallest absolute Gasteiger partial charge is 0.260 e. The number of hydrogen-bond donors (Lipinski definition) is 1. The Kier molecular flexibility index (Phi) is 5.65. The Bertz CT molecular complexity index is 390. The van der Waals surface area contributed by atoms with Crippen molar-refractivity contribution in [1.29, 1.82) is 0 Å². The van der Waals surface area contributed by atoms with E-state index in [0.717, 1.165) is 5.56 Å². The molecule has 0 aliphatic carbocycles. The van der Waals surface area contributed by atoms with E-state index >= 15 is 0 Å². The topological polar surface area (TPSA) is 49.8 Å². The van der Waals surface area contributed by atoms with E-state index in [9.17, 15) is 4.79 Å². The molecule has 0 aliphatic rings. The van der Waals surface area contributed by atoms with Crippen LogP contribution < -0.4 is 4.74 Å². The monoisotopic (exact) mass is 251 g/mol. The minimum Gasteiger partial charge on any atom is -0.484 e. The Labute approximate surface area is 108 Å². The third-order valence-electron chi connectivity index (χ3n) is 2.66. The third-order valence-corrected chi connectivity index (χ3v) is 2.66. The first-order chi connectivity index (χ1) is 8.49. The molecule has 0 fully saturated rings. The van der Waals surface area contributed by atoms with Gasteiger partial charge >= 0.3 is 0 Å². The Morgan fingerprint density at radius 2 is 2.22 bits per heavy atom. The summed E-state index contributed by atoms with van der Waals surface area (Å²) in [6.07, 6.45) is 0.185. The molecule has 0 saturated carbocycles. The molecule has 4 heteroatoms. The summed E-state index contributed by atoms with van der Waals surface area (Å²) < 4.78 is 5.42. The van der Waals surface area contributed by atoms with Gasteiger partial charge in [0, 0.05) is 13.6 Å². The fraction of sp³-hybridized carbons (Fsp3) is 0.500. The van der Waals surface area contributed by atoms with Crippen molar-refractivity contribution >= 4 is 5.91 Å². The molecule has 0 saturated heterocycles. The van der Waals surface area contributed by atoms with Crippen LogP contribution >= 0.6 is 0 Å². The summed E-state index contributed by atoms with van der Waals surface area (Å²) in [5.41, 5.74) is 1.10. The van der Waals surface area contributed by atoms with Crippen molar-refractivity contribution in [2.45, 2.75) is 26.4 Å². The summed E-state index contributed by atoms with van der Waals surface area (Å²) in [5.74, 6) is 0.615. The summed E-state index contributed by atoms with van der Waals surface area (Å²) in [4.78, 5) is 13.3. The lowest BCUT2D eigenvalue weighted by Crippen LogP contribution is -2.33. The quantitative estimate of drug-likeness (QED) is 0.835. The maximum atomic E-state index is 11.7. The molecule has 0 spiro atoms. The fourth-order valence-corrected chi connectivity index (χ4v) is 1.47. The van der Waals surface area contributed by atoms with Crippen molar-refractivity contribution in [3.05, 3.63) is 29.8 Å². The summed E-state index contributed by atoms with van der Waals surface area (Å²) >= 11 is 0. The summed E-state index contributed by atoms with van der Waals surface area (Å²) in [6.45, 7) is 4.25. The van der Waals surface area contributed by atoms with Gasteiger partial charge < -0.3 is 14.7 Å². The first-order valence-corrected chi connectivity index (χ1v) is 6.10. The molecule has 0 radical (unpaired) electrons. The Morgan fingerprint density at radius 3 is 2.83 bits per heavy atom. The zero-order valence-corrected chi connectivity index (χ0v) is 11.2. The second-order valence-electron chi connectivity index (χ2n) is 4.56. The molecule has 1 amide bonds. The lowest BCUT2D eigenvalue weighted by atomic mass is 10.2. The number of carbonyl (C=O) groups excluding carboxylic acids is 1. The number of aryl methyl sites for hydroxylation is 1. The SMILES string of the molecule is Cc1cccc(OCC(=O)N(C)CCC(C)O)c1. The molecule has 0 aliphatic heterocycles. The number of ether oxygens (including phenoxy) is 1. The van der Waals surface area contributed by atoms with Crippen LogP contribution in [0.25, 0.3) is 0 Å². The number of amides is 1. The van der Waals surface area contributed by atoms with Crippen molar-refractivity contribution in [1.82, 2.24) is 4.90 Å². The highest BCUT2D eigenvalue weighted by Gasteiger charge is 2.10. The molecule has 1 aromatic rings. The molecule has 4 nitrogen and oxygen atoms in total. The van der Waals surface area contributed by atoms with E-state index in [4.69, 9.17) is 9.84 Å². The second-order valence-corrected chi connectivity index (χ2v) is 4.56. The molecule has 0 aromatic heterocycles. The standard InChI is InChI=1S/C14H21NO3/c1-11-5-4-6-13(9-11)18-10-14(17)15(3)8-7-12(2)16/h4-6,9,12,16H,7-8,10H2,1-3H3. The summed E-state index contributed by atoms with van der Waals surface area (Å²) in [6, 6.07) is 7.59. The van der Waals surface area contributed by atoms with Crippen LogP contribution in [0.15, 0.2) is 24.3 Å². The predicted molar refractivity (Wildman–Crippen MR) is 70.6 cm³/mol. The molecule has 1 aromatic carbocycles. The average molecular weight is 251 g/mol. The van der Waals surface area contributed by atoms with E-state index in [1.165, 1.54) is 0 Å². The van der Waals surface area contributed by atoms with Crippen LogP contribution in [0.3, 0.4) is 0 Å². The van der Waals surface area contributed by atoms with E-state index in [0.29, 0.717) is 18.7 Å². The molecule has 1 unspecified atom stereocenters. The Balaban J connectivity index is 2.36. The highest BCUT2D eigenvalue weighted by Crippen LogP contribution is 2.12. The van der Waals surface area contributed by atoms with Gasteiger partial charge in [-0.1, -0.05) is 12.1 Å². The zero-order valence-electron chi connectivity index (χ0n) is 11.2. The zero-order chi connectivity index (χ0) is 13.5. The minimum absolute atomic E-state index is 0.0275.